The highest BCUT2D eigenvalue weighted by atomic mass is 35.5. The molecule has 1 heterocycles. The van der Waals surface area contributed by atoms with E-state index in [0.29, 0.717) is 31.8 Å². The monoisotopic (exact) mass is 383 g/mol. The van der Waals surface area contributed by atoms with Gasteiger partial charge in [-0.25, -0.2) is 0 Å². The van der Waals surface area contributed by atoms with E-state index < -0.39 is 0 Å². The summed E-state index contributed by atoms with van der Waals surface area (Å²) < 4.78 is 5.67. The van der Waals surface area contributed by atoms with Gasteiger partial charge in [0.05, 0.1) is 0 Å². The number of benzene rings is 1. The number of carbonyl (C=O) groups is 2. The maximum absolute atomic E-state index is 12.6. The number of ether oxygens (including phenoxy) is 1. The quantitative estimate of drug-likeness (QED) is 0.753. The zero-order valence-electron chi connectivity index (χ0n) is 15.6. The van der Waals surface area contributed by atoms with Crippen LogP contribution in [0.2, 0.25) is 0 Å². The minimum absolute atomic E-state index is 0. The van der Waals surface area contributed by atoms with Crippen molar-refractivity contribution >= 4 is 24.2 Å². The topological polar surface area (TPSA) is 84.7 Å². The van der Waals surface area contributed by atoms with Gasteiger partial charge in [-0.3, -0.25) is 9.59 Å². The first-order chi connectivity index (χ1) is 12.0. The summed E-state index contributed by atoms with van der Waals surface area (Å²) in [4.78, 5) is 26.0. The first-order valence-corrected chi connectivity index (χ1v) is 8.97. The Kier molecular flexibility index (Phi) is 9.44. The molecule has 0 saturated carbocycles. The van der Waals surface area contributed by atoms with Gasteiger partial charge in [-0.05, 0) is 56.4 Å². The molecule has 0 aliphatic carbocycles. The van der Waals surface area contributed by atoms with Crippen LogP contribution in [-0.2, 0) is 9.59 Å². The number of aryl methyl sites for hydroxylation is 2. The molecule has 0 radical (unpaired) electrons. The van der Waals surface area contributed by atoms with Crippen LogP contribution in [0.15, 0.2) is 18.2 Å². The van der Waals surface area contributed by atoms with Crippen LogP contribution in [0.25, 0.3) is 0 Å². The second kappa shape index (κ2) is 11.0. The molecule has 1 aliphatic heterocycles. The van der Waals surface area contributed by atoms with Crippen molar-refractivity contribution in [2.75, 3.05) is 26.2 Å². The molecule has 3 N–H and O–H groups in total. The number of nitrogens with zero attached hydrogens (tertiary/aromatic N) is 1. The van der Waals surface area contributed by atoms with Crippen LogP contribution in [0.5, 0.6) is 5.75 Å². The Morgan fingerprint density at radius 1 is 1.27 bits per heavy atom. The molecule has 1 aromatic carbocycles. The second-order valence-corrected chi connectivity index (χ2v) is 6.61. The SMILES string of the molecule is Cc1ccc(OCC(=O)N2CCCCC2CNC(=O)CCN)cc1C.Cl. The largest absolute Gasteiger partial charge is 0.484 e. The highest BCUT2D eigenvalue weighted by molar-refractivity contribution is 5.85. The van der Waals surface area contributed by atoms with Crippen molar-refractivity contribution in [1.82, 2.24) is 10.2 Å². The van der Waals surface area contributed by atoms with Crippen LogP contribution < -0.4 is 15.8 Å². The number of amides is 2. The maximum atomic E-state index is 12.6. The second-order valence-electron chi connectivity index (χ2n) is 6.61. The van der Waals surface area contributed by atoms with Crippen LogP contribution >= 0.6 is 12.4 Å². The number of rotatable bonds is 7. The summed E-state index contributed by atoms with van der Waals surface area (Å²) in [5.74, 6) is 0.615. The molecule has 0 spiro atoms. The van der Waals surface area contributed by atoms with Crippen molar-refractivity contribution in [3.05, 3.63) is 29.3 Å². The molecule has 1 saturated heterocycles. The summed E-state index contributed by atoms with van der Waals surface area (Å²) in [6, 6.07) is 5.86. The Balaban J connectivity index is 0.00000338. The van der Waals surface area contributed by atoms with Gasteiger partial charge in [0.25, 0.3) is 5.91 Å². The summed E-state index contributed by atoms with van der Waals surface area (Å²) in [5.41, 5.74) is 7.73. The molecule has 1 unspecified atom stereocenters. The fourth-order valence-corrected chi connectivity index (χ4v) is 3.02. The van der Waals surface area contributed by atoms with Crippen LogP contribution in [0, 0.1) is 13.8 Å². The Morgan fingerprint density at radius 3 is 2.73 bits per heavy atom. The summed E-state index contributed by atoms with van der Waals surface area (Å²) in [6.07, 6.45) is 3.27. The molecule has 6 nitrogen and oxygen atoms in total. The van der Waals surface area contributed by atoms with Gasteiger partial charge in [-0.15, -0.1) is 12.4 Å². The fourth-order valence-electron chi connectivity index (χ4n) is 3.02. The minimum Gasteiger partial charge on any atom is -0.484 e. The number of piperidine rings is 1. The molecule has 2 amide bonds. The third-order valence-electron chi connectivity index (χ3n) is 4.69. The average molecular weight is 384 g/mol. The van der Waals surface area contributed by atoms with Gasteiger partial charge < -0.3 is 20.7 Å². The summed E-state index contributed by atoms with van der Waals surface area (Å²) in [7, 11) is 0. The highest BCUT2D eigenvalue weighted by Gasteiger charge is 2.27. The highest BCUT2D eigenvalue weighted by Crippen LogP contribution is 2.19. The fraction of sp³-hybridized carbons (Fsp3) is 0.579. The van der Waals surface area contributed by atoms with Crippen molar-refractivity contribution < 1.29 is 14.3 Å². The van der Waals surface area contributed by atoms with E-state index in [9.17, 15) is 9.59 Å². The molecule has 1 fully saturated rings. The van der Waals surface area contributed by atoms with Crippen molar-refractivity contribution in [3.63, 3.8) is 0 Å². The van der Waals surface area contributed by atoms with E-state index in [1.807, 2.05) is 36.9 Å². The van der Waals surface area contributed by atoms with Crippen molar-refractivity contribution in [2.45, 2.75) is 45.6 Å². The first kappa shape index (κ1) is 22.3. The Labute approximate surface area is 161 Å². The predicted octanol–water partition coefficient (Wildman–Crippen LogP) is 1.95. The Morgan fingerprint density at radius 2 is 2.04 bits per heavy atom. The van der Waals surface area contributed by atoms with Crippen molar-refractivity contribution in [2.24, 2.45) is 5.73 Å². The number of hydrogen-bond acceptors (Lipinski definition) is 4. The lowest BCUT2D eigenvalue weighted by atomic mass is 10.0. The van der Waals surface area contributed by atoms with Crippen LogP contribution in [0.1, 0.15) is 36.8 Å². The molecule has 146 valence electrons. The number of nitrogens with two attached hydrogens (primary N) is 1. The molecule has 26 heavy (non-hydrogen) atoms. The lowest BCUT2D eigenvalue weighted by Gasteiger charge is -2.35. The average Bonchev–Trinajstić information content (AvgIpc) is 2.61. The molecular weight excluding hydrogens is 354 g/mol. The third-order valence-corrected chi connectivity index (χ3v) is 4.69. The zero-order chi connectivity index (χ0) is 18.2. The van der Waals surface area contributed by atoms with Gasteiger partial charge in [0.15, 0.2) is 6.61 Å². The zero-order valence-corrected chi connectivity index (χ0v) is 16.4. The van der Waals surface area contributed by atoms with Gasteiger partial charge >= 0.3 is 0 Å². The van der Waals surface area contributed by atoms with Crippen molar-refractivity contribution in [3.8, 4) is 5.75 Å². The summed E-state index contributed by atoms with van der Waals surface area (Å²) in [5, 5.41) is 2.87. The van der Waals surface area contributed by atoms with Crippen LogP contribution in [0.4, 0.5) is 0 Å². The third kappa shape index (κ3) is 6.50. The lowest BCUT2D eigenvalue weighted by molar-refractivity contribution is -0.137. The van der Waals surface area contributed by atoms with Gasteiger partial charge in [-0.2, -0.15) is 0 Å². The number of hydrogen-bond donors (Lipinski definition) is 2. The van der Waals surface area contributed by atoms with Gasteiger partial charge in [0.1, 0.15) is 5.75 Å². The molecule has 7 heteroatoms. The van der Waals surface area contributed by atoms with E-state index in [1.54, 1.807) is 0 Å². The number of carbonyl (C=O) groups excluding carboxylic acids is 2. The first-order valence-electron chi connectivity index (χ1n) is 8.97. The number of nitrogens with one attached hydrogen (secondary N) is 1. The van der Waals surface area contributed by atoms with Gasteiger partial charge in [-0.1, -0.05) is 6.07 Å². The van der Waals surface area contributed by atoms with E-state index in [0.717, 1.165) is 24.8 Å². The molecule has 0 bridgehead atoms. The molecule has 1 aliphatic rings. The van der Waals surface area contributed by atoms with Crippen molar-refractivity contribution in [1.29, 1.82) is 0 Å². The molecule has 2 rings (SSSR count). The summed E-state index contributed by atoms with van der Waals surface area (Å²) >= 11 is 0. The van der Waals surface area contributed by atoms with Crippen LogP contribution in [-0.4, -0.2) is 49.0 Å². The van der Waals surface area contributed by atoms with Gasteiger partial charge in [0, 0.05) is 32.1 Å². The molecule has 0 aromatic heterocycles. The van der Waals surface area contributed by atoms with E-state index in [2.05, 4.69) is 5.32 Å². The van der Waals surface area contributed by atoms with E-state index in [1.165, 1.54) is 5.56 Å². The van der Waals surface area contributed by atoms with Crippen LogP contribution in [0.3, 0.4) is 0 Å². The van der Waals surface area contributed by atoms with E-state index >= 15 is 0 Å². The predicted molar refractivity (Wildman–Crippen MR) is 105 cm³/mol. The standard InChI is InChI=1S/C19H29N3O3.ClH/c1-14-6-7-17(11-15(14)2)25-13-19(24)22-10-4-3-5-16(22)12-21-18(23)8-9-20;/h6-7,11,16H,3-5,8-10,12-13,20H2,1-2H3,(H,21,23);1H. The van der Waals surface area contributed by atoms with E-state index in [-0.39, 0.29) is 36.9 Å². The maximum Gasteiger partial charge on any atom is 0.260 e. The van der Waals surface area contributed by atoms with E-state index in [4.69, 9.17) is 10.5 Å². The van der Waals surface area contributed by atoms with Gasteiger partial charge in [0.2, 0.25) is 5.91 Å². The Hall–Kier alpha value is -1.79. The lowest BCUT2D eigenvalue weighted by Crippen LogP contribution is -2.50. The number of halogens is 1. The summed E-state index contributed by atoms with van der Waals surface area (Å²) in [6.45, 7) is 5.62. The molecule has 1 atom stereocenters. The number of likely N-dealkylation sites (tertiary alicyclic amines) is 1. The molecule has 1 aromatic rings. The molecular formula is C19H30ClN3O3. The smallest absolute Gasteiger partial charge is 0.260 e. The Bertz CT molecular complexity index is 610. The normalized spacial score (nSPS) is 16.6. The minimum atomic E-state index is -0.0631.